The van der Waals surface area contributed by atoms with Crippen LogP contribution < -0.4 is 10.1 Å². The number of aliphatic imine (C=N–C) groups is 1. The van der Waals surface area contributed by atoms with Crippen LogP contribution in [0.2, 0.25) is 0 Å². The summed E-state index contributed by atoms with van der Waals surface area (Å²) in [5.74, 6) is 1.44. The summed E-state index contributed by atoms with van der Waals surface area (Å²) < 4.78 is 18.0. The highest BCUT2D eigenvalue weighted by molar-refractivity contribution is 5.83. The van der Waals surface area contributed by atoms with Gasteiger partial charge in [-0.2, -0.15) is 0 Å². The summed E-state index contributed by atoms with van der Waals surface area (Å²) in [4.78, 5) is 4.25. The van der Waals surface area contributed by atoms with Gasteiger partial charge in [-0.3, -0.25) is 4.99 Å². The number of amidine groups is 1. The van der Waals surface area contributed by atoms with Crippen molar-refractivity contribution in [2.75, 3.05) is 19.7 Å². The topological polar surface area (TPSA) is 33.6 Å². The second-order valence-corrected chi connectivity index (χ2v) is 3.31. The van der Waals surface area contributed by atoms with Crippen LogP contribution in [-0.2, 0) is 0 Å². The second-order valence-electron chi connectivity index (χ2n) is 3.31. The first-order valence-corrected chi connectivity index (χ1v) is 5.00. The number of benzene rings is 1. The highest BCUT2D eigenvalue weighted by atomic mass is 19.1. The van der Waals surface area contributed by atoms with E-state index in [1.807, 2.05) is 0 Å². The minimum Gasteiger partial charge on any atom is -0.493 e. The van der Waals surface area contributed by atoms with Crippen LogP contribution >= 0.6 is 0 Å². The average Bonchev–Trinajstić information content (AvgIpc) is 2.74. The number of hydrogen-bond donors (Lipinski definition) is 1. The van der Waals surface area contributed by atoms with E-state index >= 15 is 0 Å². The Balaban J connectivity index is 1.75. The first kappa shape index (κ1) is 9.96. The standard InChI is InChI=1S/C11H13FN2O/c12-9-1-3-10(4-2-9)15-8-5-11-13-6-7-14-11/h1-4H,5-8H2,(H,13,14). The molecule has 1 aromatic rings. The number of ether oxygens (including phenoxy) is 1. The van der Waals surface area contributed by atoms with Gasteiger partial charge in [-0.05, 0) is 24.3 Å². The lowest BCUT2D eigenvalue weighted by Crippen LogP contribution is -2.20. The molecule has 0 fully saturated rings. The van der Waals surface area contributed by atoms with Crippen molar-refractivity contribution in [3.8, 4) is 5.75 Å². The van der Waals surface area contributed by atoms with Gasteiger partial charge in [0, 0.05) is 13.0 Å². The van der Waals surface area contributed by atoms with Gasteiger partial charge < -0.3 is 10.1 Å². The van der Waals surface area contributed by atoms with Gasteiger partial charge in [0.1, 0.15) is 11.6 Å². The molecule has 0 unspecified atom stereocenters. The summed E-state index contributed by atoms with van der Waals surface area (Å²) in [6.07, 6.45) is 0.775. The summed E-state index contributed by atoms with van der Waals surface area (Å²) >= 11 is 0. The van der Waals surface area contributed by atoms with Gasteiger partial charge in [0.05, 0.1) is 19.0 Å². The molecule has 2 rings (SSSR count). The average molecular weight is 208 g/mol. The van der Waals surface area contributed by atoms with Crippen molar-refractivity contribution in [3.63, 3.8) is 0 Å². The summed E-state index contributed by atoms with van der Waals surface area (Å²) in [6, 6.07) is 6.03. The Bertz CT molecular complexity index is 348. The van der Waals surface area contributed by atoms with Crippen LogP contribution in [0.5, 0.6) is 5.75 Å². The zero-order valence-corrected chi connectivity index (χ0v) is 8.37. The predicted octanol–water partition coefficient (Wildman–Crippen LogP) is 1.60. The minimum atomic E-state index is -0.246. The third-order valence-corrected chi connectivity index (χ3v) is 2.16. The SMILES string of the molecule is Fc1ccc(OCCC2=NCCN2)cc1. The molecular weight excluding hydrogens is 195 g/mol. The Morgan fingerprint density at radius 2 is 2.13 bits per heavy atom. The third kappa shape index (κ3) is 2.94. The van der Waals surface area contributed by atoms with Crippen LogP contribution in [0.1, 0.15) is 6.42 Å². The highest BCUT2D eigenvalue weighted by Crippen LogP contribution is 2.11. The minimum absolute atomic E-state index is 0.246. The quantitative estimate of drug-likeness (QED) is 0.815. The van der Waals surface area contributed by atoms with E-state index in [4.69, 9.17) is 4.74 Å². The van der Waals surface area contributed by atoms with Crippen molar-refractivity contribution >= 4 is 5.84 Å². The maximum Gasteiger partial charge on any atom is 0.123 e. The van der Waals surface area contributed by atoms with Crippen molar-refractivity contribution in [3.05, 3.63) is 30.1 Å². The summed E-state index contributed by atoms with van der Waals surface area (Å²) in [6.45, 7) is 2.34. The first-order valence-electron chi connectivity index (χ1n) is 5.00. The Labute approximate surface area is 88.0 Å². The second kappa shape index (κ2) is 4.77. The number of nitrogens with zero attached hydrogens (tertiary/aromatic N) is 1. The molecule has 1 aromatic carbocycles. The number of hydrogen-bond acceptors (Lipinski definition) is 3. The molecule has 4 heteroatoms. The molecule has 1 heterocycles. The molecule has 0 spiro atoms. The van der Waals surface area contributed by atoms with E-state index in [2.05, 4.69) is 10.3 Å². The van der Waals surface area contributed by atoms with Crippen LogP contribution in [0.15, 0.2) is 29.3 Å². The fourth-order valence-electron chi connectivity index (χ4n) is 1.41. The third-order valence-electron chi connectivity index (χ3n) is 2.16. The van der Waals surface area contributed by atoms with Crippen LogP contribution in [-0.4, -0.2) is 25.5 Å². The normalized spacial score (nSPS) is 14.6. The van der Waals surface area contributed by atoms with Gasteiger partial charge in [0.25, 0.3) is 0 Å². The van der Waals surface area contributed by atoms with Crippen LogP contribution in [0.3, 0.4) is 0 Å². The van der Waals surface area contributed by atoms with Gasteiger partial charge in [-0.25, -0.2) is 4.39 Å². The molecule has 0 atom stereocenters. The summed E-state index contributed by atoms with van der Waals surface area (Å²) in [7, 11) is 0. The predicted molar refractivity (Wildman–Crippen MR) is 56.8 cm³/mol. The Morgan fingerprint density at radius 1 is 1.33 bits per heavy atom. The van der Waals surface area contributed by atoms with Crippen LogP contribution in [0.25, 0.3) is 0 Å². The first-order chi connectivity index (χ1) is 7.34. The van der Waals surface area contributed by atoms with E-state index in [1.165, 1.54) is 12.1 Å². The van der Waals surface area contributed by atoms with E-state index in [1.54, 1.807) is 12.1 Å². The van der Waals surface area contributed by atoms with Gasteiger partial charge in [-0.1, -0.05) is 0 Å². The zero-order valence-electron chi connectivity index (χ0n) is 8.37. The highest BCUT2D eigenvalue weighted by Gasteiger charge is 2.04. The molecule has 1 N–H and O–H groups in total. The molecule has 15 heavy (non-hydrogen) atoms. The fourth-order valence-corrected chi connectivity index (χ4v) is 1.41. The van der Waals surface area contributed by atoms with Gasteiger partial charge in [-0.15, -0.1) is 0 Å². The van der Waals surface area contributed by atoms with Gasteiger partial charge in [0.2, 0.25) is 0 Å². The molecule has 0 radical (unpaired) electrons. The van der Waals surface area contributed by atoms with E-state index < -0.39 is 0 Å². The molecule has 3 nitrogen and oxygen atoms in total. The molecule has 0 amide bonds. The number of halogens is 1. The van der Waals surface area contributed by atoms with Crippen LogP contribution in [0, 0.1) is 5.82 Å². The van der Waals surface area contributed by atoms with Crippen molar-refractivity contribution in [2.24, 2.45) is 4.99 Å². The maximum atomic E-state index is 12.6. The molecule has 0 saturated carbocycles. The van der Waals surface area contributed by atoms with E-state index in [9.17, 15) is 4.39 Å². The van der Waals surface area contributed by atoms with Crippen molar-refractivity contribution < 1.29 is 9.13 Å². The fraction of sp³-hybridized carbons (Fsp3) is 0.364. The van der Waals surface area contributed by atoms with Gasteiger partial charge >= 0.3 is 0 Å². The lowest BCUT2D eigenvalue weighted by Gasteiger charge is -2.06. The smallest absolute Gasteiger partial charge is 0.123 e. The molecule has 80 valence electrons. The molecule has 0 aliphatic carbocycles. The Hall–Kier alpha value is -1.58. The molecule has 0 aromatic heterocycles. The van der Waals surface area contributed by atoms with Gasteiger partial charge in [0.15, 0.2) is 0 Å². The Kier molecular flexibility index (Phi) is 3.17. The monoisotopic (exact) mass is 208 g/mol. The lowest BCUT2D eigenvalue weighted by molar-refractivity contribution is 0.328. The maximum absolute atomic E-state index is 12.6. The van der Waals surface area contributed by atoms with Crippen LogP contribution in [0.4, 0.5) is 4.39 Å². The Morgan fingerprint density at radius 3 is 2.80 bits per heavy atom. The zero-order chi connectivity index (χ0) is 10.5. The number of nitrogens with one attached hydrogen (secondary N) is 1. The van der Waals surface area contributed by atoms with E-state index in [0.717, 1.165) is 25.3 Å². The lowest BCUT2D eigenvalue weighted by atomic mass is 10.3. The van der Waals surface area contributed by atoms with Crippen molar-refractivity contribution in [1.29, 1.82) is 0 Å². The van der Waals surface area contributed by atoms with Crippen molar-refractivity contribution in [1.82, 2.24) is 5.32 Å². The molecular formula is C11H13FN2O. The molecule has 1 aliphatic rings. The molecule has 1 aliphatic heterocycles. The van der Waals surface area contributed by atoms with E-state index in [0.29, 0.717) is 12.4 Å². The van der Waals surface area contributed by atoms with Crippen molar-refractivity contribution in [2.45, 2.75) is 6.42 Å². The number of rotatable bonds is 4. The summed E-state index contributed by atoms with van der Waals surface area (Å²) in [5.41, 5.74) is 0. The molecule has 0 bridgehead atoms. The summed E-state index contributed by atoms with van der Waals surface area (Å²) in [5, 5.41) is 3.16. The molecule has 0 saturated heterocycles. The van der Waals surface area contributed by atoms with E-state index in [-0.39, 0.29) is 5.82 Å². The largest absolute Gasteiger partial charge is 0.493 e.